The van der Waals surface area contributed by atoms with Crippen molar-refractivity contribution in [2.75, 3.05) is 80.9 Å². The zero-order valence-corrected chi connectivity index (χ0v) is 47.4. The number of hydrogen-bond acceptors (Lipinski definition) is 16. The summed E-state index contributed by atoms with van der Waals surface area (Å²) in [5.41, 5.74) is 4.41. The second-order valence-corrected chi connectivity index (χ2v) is 25.5. The number of H-pyrrole nitrogens is 1. The predicted molar refractivity (Wildman–Crippen MR) is 308 cm³/mol. The number of piperazine rings is 1. The van der Waals surface area contributed by atoms with Crippen LogP contribution in [0.25, 0.3) is 11.0 Å². The lowest BCUT2D eigenvalue weighted by molar-refractivity contribution is -0.384. The number of nitrogens with zero attached hydrogens (tertiary/aromatic N) is 6. The molecule has 7 aliphatic rings. The number of amides is 1. The number of aromatic nitrogens is 2. The van der Waals surface area contributed by atoms with Gasteiger partial charge in [-0.3, -0.25) is 24.7 Å². The maximum atomic E-state index is 14.9. The van der Waals surface area contributed by atoms with Gasteiger partial charge in [-0.1, -0.05) is 29.8 Å². The molecule has 13 rings (SSSR count). The highest BCUT2D eigenvalue weighted by Crippen LogP contribution is 2.54. The summed E-state index contributed by atoms with van der Waals surface area (Å²) in [6, 6.07) is 24.6. The van der Waals surface area contributed by atoms with Gasteiger partial charge in [0.05, 0.1) is 51.9 Å². The quantitative estimate of drug-likeness (QED) is 0.0727. The highest BCUT2D eigenvalue weighted by molar-refractivity contribution is 7.90. The van der Waals surface area contributed by atoms with Gasteiger partial charge in [-0.05, 0) is 130 Å². The van der Waals surface area contributed by atoms with Gasteiger partial charge in [0, 0.05) is 105 Å². The Hall–Kier alpha value is -6.75. The number of fused-ring (bicyclic) bond motifs is 4. The molecule has 1 amide bonds. The van der Waals surface area contributed by atoms with Gasteiger partial charge in [-0.2, -0.15) is 4.98 Å². The zero-order valence-electron chi connectivity index (χ0n) is 45.9. The Balaban J connectivity index is 0.774. The van der Waals surface area contributed by atoms with E-state index in [4.69, 9.17) is 40.3 Å². The summed E-state index contributed by atoms with van der Waals surface area (Å²) in [7, 11) is -4.73. The van der Waals surface area contributed by atoms with E-state index in [1.54, 1.807) is 18.3 Å². The molecular formula is C60H67ClFN9O10S. The number of para-hydroxylation sites is 1. The van der Waals surface area contributed by atoms with E-state index in [-0.39, 0.29) is 71.6 Å². The highest BCUT2D eigenvalue weighted by atomic mass is 35.5. The summed E-state index contributed by atoms with van der Waals surface area (Å²) in [4.78, 5) is 43.9. The van der Waals surface area contributed by atoms with Gasteiger partial charge in [-0.15, -0.1) is 0 Å². The number of nitro benzene ring substituents is 1. The van der Waals surface area contributed by atoms with E-state index in [1.165, 1.54) is 12.1 Å². The molecule has 6 aromatic rings. The number of piperidine rings is 1. The molecule has 6 aliphatic heterocycles. The number of nitrogens with one attached hydrogen (secondary N) is 3. The average molecular weight is 1160 g/mol. The zero-order chi connectivity index (χ0) is 56.4. The fourth-order valence-corrected chi connectivity index (χ4v) is 15.1. The highest BCUT2D eigenvalue weighted by Gasteiger charge is 2.51. The third-order valence-electron chi connectivity index (χ3n) is 17.9. The van der Waals surface area contributed by atoms with E-state index >= 15 is 0 Å². The molecule has 82 heavy (non-hydrogen) atoms. The first-order chi connectivity index (χ1) is 39.6. The molecule has 8 heterocycles. The van der Waals surface area contributed by atoms with Crippen molar-refractivity contribution in [1.29, 1.82) is 0 Å². The summed E-state index contributed by atoms with van der Waals surface area (Å²) in [5.74, 6) is 0.137. The van der Waals surface area contributed by atoms with E-state index in [9.17, 15) is 27.7 Å². The average Bonchev–Trinajstić information content (AvgIpc) is 3.22. The Morgan fingerprint density at radius 3 is 2.55 bits per heavy atom. The molecule has 0 bridgehead atoms. The van der Waals surface area contributed by atoms with Crippen molar-refractivity contribution in [2.45, 2.75) is 107 Å². The number of benzene rings is 4. The second kappa shape index (κ2) is 22.1. The van der Waals surface area contributed by atoms with Crippen LogP contribution in [0.5, 0.6) is 17.4 Å². The second-order valence-electron chi connectivity index (χ2n) is 23.4. The van der Waals surface area contributed by atoms with Crippen LogP contribution in [0.1, 0.15) is 86.3 Å². The molecule has 4 atom stereocenters. The molecular weight excluding hydrogens is 1090 g/mol. The van der Waals surface area contributed by atoms with Gasteiger partial charge in [0.2, 0.25) is 5.88 Å². The third-order valence-corrected chi connectivity index (χ3v) is 19.5. The molecule has 1 aliphatic carbocycles. The molecule has 5 fully saturated rings. The number of hydrogen-bond donors (Lipinski definition) is 3. The number of sulfonamides is 1. The molecule has 2 aromatic heterocycles. The normalized spacial score (nSPS) is 23.2. The first-order valence-corrected chi connectivity index (χ1v) is 30.5. The maximum absolute atomic E-state index is 14.9. The lowest BCUT2D eigenvalue weighted by atomic mass is 9.59. The largest absolute Gasteiger partial charge is 0.491 e. The van der Waals surface area contributed by atoms with Crippen LogP contribution < -0.4 is 34.0 Å². The topological polar surface area (TPSA) is 206 Å². The van der Waals surface area contributed by atoms with Crippen LogP contribution in [-0.4, -0.2) is 135 Å². The smallest absolute Gasteiger partial charge is 0.297 e. The van der Waals surface area contributed by atoms with Crippen molar-refractivity contribution in [3.8, 4) is 17.4 Å². The van der Waals surface area contributed by atoms with E-state index < -0.39 is 37.5 Å². The van der Waals surface area contributed by atoms with Gasteiger partial charge in [0.1, 0.15) is 35.6 Å². The molecule has 432 valence electrons. The Labute approximate surface area is 480 Å². The van der Waals surface area contributed by atoms with Crippen LogP contribution in [-0.2, 0) is 26.0 Å². The van der Waals surface area contributed by atoms with Gasteiger partial charge < -0.3 is 43.8 Å². The molecule has 3 N–H and O–H groups in total. The summed E-state index contributed by atoms with van der Waals surface area (Å²) in [6.07, 6.45) is 7.40. The first-order valence-electron chi connectivity index (χ1n) is 28.6. The van der Waals surface area contributed by atoms with Gasteiger partial charge in [-0.25, -0.2) is 17.5 Å². The number of carbonyl (C=O) groups is 1. The number of ether oxygens (including phenoxy) is 5. The fourth-order valence-electron chi connectivity index (χ4n) is 13.8. The molecule has 4 aromatic carbocycles. The van der Waals surface area contributed by atoms with Crippen molar-refractivity contribution in [3.63, 3.8) is 0 Å². The number of carbonyl (C=O) groups excluding carboxylic acids is 1. The molecule has 1 spiro atoms. The molecule has 1 saturated carbocycles. The van der Waals surface area contributed by atoms with Crippen LogP contribution in [0.2, 0.25) is 5.02 Å². The van der Waals surface area contributed by atoms with Crippen molar-refractivity contribution in [1.82, 2.24) is 24.5 Å². The lowest BCUT2D eigenvalue weighted by Crippen LogP contribution is -2.59. The summed E-state index contributed by atoms with van der Waals surface area (Å²) >= 11 is 6.30. The van der Waals surface area contributed by atoms with Gasteiger partial charge in [0.15, 0.2) is 11.4 Å². The van der Waals surface area contributed by atoms with Crippen LogP contribution >= 0.6 is 11.6 Å². The van der Waals surface area contributed by atoms with Crippen LogP contribution in [0.15, 0.2) is 96.0 Å². The van der Waals surface area contributed by atoms with E-state index in [0.29, 0.717) is 66.8 Å². The minimum Gasteiger partial charge on any atom is -0.491 e. The SMILES string of the molecule is CC(C)Oc1ccccc1[C@@H]1CN(Cc2cc(F)cc(Cl)c2)CCN1C1CC2(CCN(c3ccc(C(=O)NS(=O)(=O)c4cc5c(c([N+](=O)[O-])c4)N[C@H](C4CCOCC4)CO5)c(N4c5cc6cc[nH]c6nc5O[C@H]5COCC[C@@H]54)c3)CC2)C1. The minimum absolute atomic E-state index is 0.000997. The minimum atomic E-state index is -4.73. The molecule has 22 heteroatoms. The van der Waals surface area contributed by atoms with Gasteiger partial charge in [0.25, 0.3) is 21.6 Å². The number of rotatable bonds is 13. The van der Waals surface area contributed by atoms with E-state index in [2.05, 4.69) is 52.8 Å². The van der Waals surface area contributed by atoms with Crippen molar-refractivity contribution in [2.24, 2.45) is 11.3 Å². The lowest BCUT2D eigenvalue weighted by Gasteiger charge is -2.58. The number of halogens is 2. The maximum Gasteiger partial charge on any atom is 0.297 e. The molecule has 0 unspecified atom stereocenters. The van der Waals surface area contributed by atoms with Gasteiger partial charge >= 0.3 is 0 Å². The Bertz CT molecular complexity index is 3510. The summed E-state index contributed by atoms with van der Waals surface area (Å²) < 4.78 is 76.2. The van der Waals surface area contributed by atoms with Crippen molar-refractivity contribution < 1.29 is 46.2 Å². The third kappa shape index (κ3) is 10.7. The molecule has 19 nitrogen and oxygen atoms in total. The number of pyridine rings is 1. The van der Waals surface area contributed by atoms with E-state index in [0.717, 1.165) is 105 Å². The van der Waals surface area contributed by atoms with Crippen molar-refractivity contribution in [3.05, 3.63) is 129 Å². The Morgan fingerprint density at radius 2 is 1.76 bits per heavy atom. The number of anilines is 4. The Kier molecular flexibility index (Phi) is 14.7. The summed E-state index contributed by atoms with van der Waals surface area (Å²) in [5, 5.41) is 17.1. The number of aromatic amines is 1. The van der Waals surface area contributed by atoms with Crippen LogP contribution in [0.3, 0.4) is 0 Å². The molecule has 4 saturated heterocycles. The van der Waals surface area contributed by atoms with Crippen LogP contribution in [0.4, 0.5) is 32.8 Å². The fraction of sp³-hybridized carbons (Fsp3) is 0.467. The molecule has 0 radical (unpaired) electrons. The van der Waals surface area contributed by atoms with E-state index in [1.807, 2.05) is 50.2 Å². The Morgan fingerprint density at radius 1 is 0.951 bits per heavy atom. The standard InChI is InChI=1S/C60H67ClFN9O10S/c1-36(2)80-53-6-4-3-5-45(53)52-33-67(32-37-23-40(61)26-41(62)24-37)18-19-69(52)43-30-60(31-43)13-16-68(17-14-60)42-7-8-46(49(27-42)70-48-12-22-78-35-55(48)81-59-51(70)25-39-9-15-63-57(39)65-59)58(72)66-82(75,76)44-28-50(71(73)74)56-54(29-44)79-34-47(64-56)38-10-20-77-21-11-38/h3-9,15,23-29,36,38,43,47-48,52,55,64H,10-14,16-22,30-35H2,1-2H3,(H,63,65)(H,66,72)/t47-,48-,52-,55-/m0/s1. The summed E-state index contributed by atoms with van der Waals surface area (Å²) in [6.45, 7) is 10.7. The monoisotopic (exact) mass is 1160 g/mol. The number of nitro groups is 1. The first kappa shape index (κ1) is 54.5. The predicted octanol–water partition coefficient (Wildman–Crippen LogP) is 9.77. The van der Waals surface area contributed by atoms with Crippen LogP contribution in [0, 0.1) is 27.3 Å². The van der Waals surface area contributed by atoms with Crippen molar-refractivity contribution >= 4 is 67.0 Å².